The third-order valence-corrected chi connectivity index (χ3v) is 6.86. The summed E-state index contributed by atoms with van der Waals surface area (Å²) in [6, 6.07) is 5.29. The van der Waals surface area contributed by atoms with Crippen molar-refractivity contribution >= 4 is 29.2 Å². The molecular weight excluding hydrogens is 505 g/mol. The Labute approximate surface area is 230 Å². The van der Waals surface area contributed by atoms with Gasteiger partial charge in [0.2, 0.25) is 0 Å². The van der Waals surface area contributed by atoms with Gasteiger partial charge in [0, 0.05) is 31.3 Å². The molecule has 0 spiro atoms. The molecule has 9 heteroatoms. The fourth-order valence-electron chi connectivity index (χ4n) is 5.04. The molecule has 3 aliphatic heterocycles. The van der Waals surface area contributed by atoms with E-state index in [1.807, 2.05) is 59.5 Å². The summed E-state index contributed by atoms with van der Waals surface area (Å²) in [5.41, 5.74) is 6.83. The molecule has 3 aliphatic rings. The van der Waals surface area contributed by atoms with Crippen molar-refractivity contribution in [2.24, 2.45) is 9.98 Å². The minimum atomic E-state index is -0.543. The normalized spacial score (nSPS) is 20.2. The van der Waals surface area contributed by atoms with Crippen molar-refractivity contribution in [1.29, 1.82) is 0 Å². The number of amides is 1. The van der Waals surface area contributed by atoms with Gasteiger partial charge < -0.3 is 9.64 Å². The topological polar surface area (TPSA) is 69.5 Å². The Morgan fingerprint density at radius 3 is 2.53 bits per heavy atom. The minimum Gasteiger partial charge on any atom is -0.444 e. The lowest BCUT2D eigenvalue weighted by Gasteiger charge is -2.37. The molecular formula is C29H39ClFN5O2. The van der Waals surface area contributed by atoms with Crippen LogP contribution in [0.2, 0.25) is 0 Å². The van der Waals surface area contributed by atoms with E-state index in [1.54, 1.807) is 17.0 Å². The fraction of sp³-hybridized carbons (Fsp3) is 0.552. The number of likely N-dealkylation sites (tertiary alicyclic amines) is 1. The monoisotopic (exact) mass is 543 g/mol. The zero-order valence-corrected chi connectivity index (χ0v) is 24.2. The van der Waals surface area contributed by atoms with E-state index in [4.69, 9.17) is 26.3 Å². The smallest absolute Gasteiger partial charge is 0.410 e. The Bertz CT molecular complexity index is 1210. The summed E-state index contributed by atoms with van der Waals surface area (Å²) in [5.74, 6) is 0.521. The SMILES string of the molecule is CC1=C(Cc2cccc(F)c2C2CCN(C(=O)OC(C)(C)C)CC2)N2NC(Cl)=CC(=NC(C)(C)C)C2=NC1. The molecule has 0 atom stereocenters. The van der Waals surface area contributed by atoms with E-state index in [9.17, 15) is 4.79 Å². The highest BCUT2D eigenvalue weighted by molar-refractivity contribution is 6.49. The molecule has 206 valence electrons. The Balaban J connectivity index is 1.57. The maximum atomic E-state index is 15.4. The van der Waals surface area contributed by atoms with Crippen molar-refractivity contribution in [3.63, 3.8) is 0 Å². The number of amidine groups is 1. The van der Waals surface area contributed by atoms with Gasteiger partial charge in [0.15, 0.2) is 5.84 Å². The maximum Gasteiger partial charge on any atom is 0.410 e. The van der Waals surface area contributed by atoms with E-state index < -0.39 is 5.60 Å². The Morgan fingerprint density at radius 1 is 1.21 bits per heavy atom. The highest BCUT2D eigenvalue weighted by atomic mass is 35.5. The molecule has 1 fully saturated rings. The number of ether oxygens (including phenoxy) is 1. The van der Waals surface area contributed by atoms with Crippen LogP contribution in [-0.4, -0.2) is 58.3 Å². The first-order valence-corrected chi connectivity index (χ1v) is 13.6. The number of benzene rings is 1. The summed E-state index contributed by atoms with van der Waals surface area (Å²) >= 11 is 6.48. The van der Waals surface area contributed by atoms with Gasteiger partial charge in [-0.25, -0.2) is 14.2 Å². The lowest BCUT2D eigenvalue weighted by molar-refractivity contribution is 0.0204. The summed E-state index contributed by atoms with van der Waals surface area (Å²) in [7, 11) is 0. The number of nitrogens with zero attached hydrogens (tertiary/aromatic N) is 4. The lowest BCUT2D eigenvalue weighted by atomic mass is 9.84. The van der Waals surface area contributed by atoms with E-state index in [2.05, 4.69) is 5.43 Å². The number of nitrogens with one attached hydrogen (secondary N) is 1. The van der Waals surface area contributed by atoms with Crippen LogP contribution in [0.5, 0.6) is 0 Å². The predicted octanol–water partition coefficient (Wildman–Crippen LogP) is 6.31. The molecule has 1 saturated heterocycles. The molecule has 4 rings (SSSR count). The summed E-state index contributed by atoms with van der Waals surface area (Å²) in [6.45, 7) is 15.3. The molecule has 1 amide bonds. The van der Waals surface area contributed by atoms with Gasteiger partial charge in [0.25, 0.3) is 0 Å². The Kier molecular flexibility index (Phi) is 7.94. The van der Waals surface area contributed by atoms with Gasteiger partial charge in [0.1, 0.15) is 22.3 Å². The molecule has 0 unspecified atom stereocenters. The molecule has 1 aromatic carbocycles. The van der Waals surface area contributed by atoms with Crippen molar-refractivity contribution in [3.05, 3.63) is 57.6 Å². The van der Waals surface area contributed by atoms with Gasteiger partial charge in [-0.2, -0.15) is 0 Å². The van der Waals surface area contributed by atoms with Crippen molar-refractivity contribution in [2.45, 2.75) is 84.8 Å². The molecule has 3 heterocycles. The van der Waals surface area contributed by atoms with Gasteiger partial charge in [0.05, 0.1) is 12.1 Å². The summed E-state index contributed by atoms with van der Waals surface area (Å²) < 4.78 is 20.9. The number of halogens is 2. The van der Waals surface area contributed by atoms with Crippen LogP contribution >= 0.6 is 11.6 Å². The number of hydrogen-bond donors (Lipinski definition) is 1. The van der Waals surface area contributed by atoms with Gasteiger partial charge in [-0.05, 0) is 90.0 Å². The lowest BCUT2D eigenvalue weighted by Crippen LogP contribution is -2.50. The second kappa shape index (κ2) is 10.7. The van der Waals surface area contributed by atoms with Crippen molar-refractivity contribution in [1.82, 2.24) is 15.3 Å². The largest absolute Gasteiger partial charge is 0.444 e. The summed E-state index contributed by atoms with van der Waals surface area (Å²) in [6.07, 6.45) is 3.36. The second-order valence-corrected chi connectivity index (χ2v) is 12.6. The van der Waals surface area contributed by atoms with E-state index in [-0.39, 0.29) is 23.4 Å². The van der Waals surface area contributed by atoms with Gasteiger partial charge in [-0.15, -0.1) is 0 Å². The minimum absolute atomic E-state index is 0.0123. The van der Waals surface area contributed by atoms with E-state index in [1.165, 1.54) is 6.07 Å². The number of rotatable bonds is 3. The average Bonchev–Trinajstić information content (AvgIpc) is 2.79. The number of fused-ring (bicyclic) bond motifs is 1. The first-order valence-electron chi connectivity index (χ1n) is 13.2. The second-order valence-electron chi connectivity index (χ2n) is 12.2. The number of hydrazine groups is 1. The van der Waals surface area contributed by atoms with Crippen LogP contribution in [0, 0.1) is 5.82 Å². The van der Waals surface area contributed by atoms with Gasteiger partial charge in [-0.1, -0.05) is 23.7 Å². The molecule has 0 saturated carbocycles. The van der Waals surface area contributed by atoms with Crippen LogP contribution < -0.4 is 5.43 Å². The van der Waals surface area contributed by atoms with Crippen molar-refractivity contribution in [2.75, 3.05) is 19.6 Å². The Morgan fingerprint density at radius 2 is 1.89 bits per heavy atom. The first kappa shape index (κ1) is 28.1. The van der Waals surface area contributed by atoms with E-state index >= 15 is 4.39 Å². The highest BCUT2D eigenvalue weighted by Gasteiger charge is 2.33. The number of piperidine rings is 1. The van der Waals surface area contributed by atoms with Crippen LogP contribution in [0.4, 0.5) is 9.18 Å². The number of carbonyl (C=O) groups is 1. The van der Waals surface area contributed by atoms with Gasteiger partial charge in [-0.3, -0.25) is 15.4 Å². The van der Waals surface area contributed by atoms with E-state index in [0.29, 0.717) is 49.9 Å². The van der Waals surface area contributed by atoms with Crippen molar-refractivity contribution in [3.8, 4) is 0 Å². The van der Waals surface area contributed by atoms with Crippen molar-refractivity contribution < 1.29 is 13.9 Å². The molecule has 0 aromatic heterocycles. The average molecular weight is 544 g/mol. The maximum absolute atomic E-state index is 15.4. The third kappa shape index (κ3) is 6.57. The van der Waals surface area contributed by atoms with Crippen LogP contribution in [0.15, 0.2) is 50.7 Å². The predicted molar refractivity (Wildman–Crippen MR) is 151 cm³/mol. The highest BCUT2D eigenvalue weighted by Crippen LogP contribution is 2.35. The molecule has 0 bridgehead atoms. The third-order valence-electron chi connectivity index (χ3n) is 6.66. The molecule has 1 N–H and O–H groups in total. The standard InChI is InChI=1S/C29H39ClFN5O2/c1-18-17-32-26-22(33-28(2,3)4)16-24(30)34-36(26)23(18)15-20-9-8-10-21(31)25(20)19-11-13-35(14-12-19)27(37)38-29(5,6)7/h8-10,16,19,34H,11-15,17H2,1-7H3. The zero-order chi connectivity index (χ0) is 27.8. The molecule has 0 aliphatic carbocycles. The quantitative estimate of drug-likeness (QED) is 0.454. The first-order chi connectivity index (χ1) is 17.7. The summed E-state index contributed by atoms with van der Waals surface area (Å²) in [4.78, 5) is 23.9. The number of hydrogen-bond acceptors (Lipinski definition) is 6. The van der Waals surface area contributed by atoms with Crippen LogP contribution in [0.3, 0.4) is 0 Å². The molecule has 7 nitrogen and oxygen atoms in total. The number of carbonyl (C=O) groups excluding carboxylic acids is 1. The molecule has 0 radical (unpaired) electrons. The van der Waals surface area contributed by atoms with Crippen LogP contribution in [0.25, 0.3) is 0 Å². The van der Waals surface area contributed by atoms with E-state index in [0.717, 1.165) is 28.1 Å². The summed E-state index contributed by atoms with van der Waals surface area (Å²) in [5, 5.41) is 2.35. The number of allylic oxidation sites excluding steroid dienone is 1. The fourth-order valence-corrected chi connectivity index (χ4v) is 5.23. The van der Waals surface area contributed by atoms with Crippen LogP contribution in [-0.2, 0) is 11.2 Å². The van der Waals surface area contributed by atoms with Gasteiger partial charge >= 0.3 is 6.09 Å². The van der Waals surface area contributed by atoms with Crippen LogP contribution in [0.1, 0.15) is 78.4 Å². The molecule has 1 aromatic rings. The Hall–Kier alpha value is -2.87. The zero-order valence-electron chi connectivity index (χ0n) is 23.5. The molecule has 38 heavy (non-hydrogen) atoms. The number of aliphatic imine (C=N–C) groups is 2.